The molecule has 0 spiro atoms. The normalized spacial score (nSPS) is 20.0. The predicted molar refractivity (Wildman–Crippen MR) is 78.6 cm³/mol. The van der Waals surface area contributed by atoms with Crippen LogP contribution in [0.4, 0.5) is 0 Å². The van der Waals surface area contributed by atoms with Crippen molar-refractivity contribution in [2.45, 2.75) is 31.9 Å². The Morgan fingerprint density at radius 2 is 2.30 bits per heavy atom. The smallest absolute Gasteiger partial charge is 0.244 e. The summed E-state index contributed by atoms with van der Waals surface area (Å²) in [5.41, 5.74) is 0.884. The number of hydrogen-bond donors (Lipinski definition) is 1. The molecule has 1 fully saturated rings. The van der Waals surface area contributed by atoms with Gasteiger partial charge in [0.15, 0.2) is 0 Å². The first-order valence-electron chi connectivity index (χ1n) is 6.94. The number of rotatable bonds is 5. The van der Waals surface area contributed by atoms with Crippen molar-refractivity contribution >= 4 is 12.0 Å². The molecule has 2 atom stereocenters. The molecule has 0 unspecified atom stereocenters. The van der Waals surface area contributed by atoms with E-state index in [1.807, 2.05) is 31.2 Å². The van der Waals surface area contributed by atoms with Crippen LogP contribution < -0.4 is 10.1 Å². The second-order valence-electron chi connectivity index (χ2n) is 4.92. The summed E-state index contributed by atoms with van der Waals surface area (Å²) in [7, 11) is 1.62. The van der Waals surface area contributed by atoms with Crippen molar-refractivity contribution in [1.29, 1.82) is 0 Å². The molecule has 0 radical (unpaired) electrons. The van der Waals surface area contributed by atoms with Gasteiger partial charge in [-0.05, 0) is 31.9 Å². The average Bonchev–Trinajstić information content (AvgIpc) is 2.99. The van der Waals surface area contributed by atoms with E-state index in [1.165, 1.54) is 6.08 Å². The summed E-state index contributed by atoms with van der Waals surface area (Å²) in [4.78, 5) is 11.9. The first-order chi connectivity index (χ1) is 9.70. The monoisotopic (exact) mass is 275 g/mol. The average molecular weight is 275 g/mol. The Labute approximate surface area is 119 Å². The summed E-state index contributed by atoms with van der Waals surface area (Å²) >= 11 is 0. The Kier molecular flexibility index (Phi) is 5.18. The first kappa shape index (κ1) is 14.6. The zero-order valence-electron chi connectivity index (χ0n) is 12.0. The van der Waals surface area contributed by atoms with Crippen LogP contribution in [0.5, 0.6) is 5.75 Å². The molecule has 1 N–H and O–H groups in total. The van der Waals surface area contributed by atoms with Crippen LogP contribution >= 0.6 is 0 Å². The van der Waals surface area contributed by atoms with Gasteiger partial charge in [0.2, 0.25) is 5.91 Å². The third-order valence-corrected chi connectivity index (χ3v) is 3.45. The highest BCUT2D eigenvalue weighted by molar-refractivity contribution is 5.92. The highest BCUT2D eigenvalue weighted by Crippen LogP contribution is 2.18. The van der Waals surface area contributed by atoms with Crippen molar-refractivity contribution in [2.75, 3.05) is 13.7 Å². The van der Waals surface area contributed by atoms with Gasteiger partial charge >= 0.3 is 0 Å². The summed E-state index contributed by atoms with van der Waals surface area (Å²) in [6.07, 6.45) is 5.51. The van der Waals surface area contributed by atoms with Gasteiger partial charge < -0.3 is 14.8 Å². The fourth-order valence-corrected chi connectivity index (χ4v) is 2.33. The van der Waals surface area contributed by atoms with Crippen molar-refractivity contribution in [2.24, 2.45) is 0 Å². The molecular formula is C16H21NO3. The molecule has 0 bridgehead atoms. The topological polar surface area (TPSA) is 47.6 Å². The molecule has 2 rings (SSSR count). The lowest BCUT2D eigenvalue weighted by atomic mass is 10.1. The van der Waals surface area contributed by atoms with Gasteiger partial charge in [0.05, 0.1) is 19.3 Å². The van der Waals surface area contributed by atoms with E-state index in [1.54, 1.807) is 13.2 Å². The van der Waals surface area contributed by atoms with Gasteiger partial charge in [-0.3, -0.25) is 4.79 Å². The summed E-state index contributed by atoms with van der Waals surface area (Å²) in [6.45, 7) is 2.77. The lowest BCUT2D eigenvalue weighted by molar-refractivity contribution is -0.117. The lowest BCUT2D eigenvalue weighted by Gasteiger charge is -2.18. The van der Waals surface area contributed by atoms with Crippen LogP contribution in [0.15, 0.2) is 30.3 Å². The van der Waals surface area contributed by atoms with E-state index in [-0.39, 0.29) is 18.1 Å². The zero-order chi connectivity index (χ0) is 14.4. The summed E-state index contributed by atoms with van der Waals surface area (Å²) in [5.74, 6) is 0.641. The van der Waals surface area contributed by atoms with Gasteiger partial charge in [0.1, 0.15) is 5.75 Å². The van der Waals surface area contributed by atoms with Gasteiger partial charge in [-0.2, -0.15) is 0 Å². The molecule has 1 aromatic rings. The van der Waals surface area contributed by atoms with Crippen molar-refractivity contribution in [3.05, 3.63) is 35.9 Å². The number of benzene rings is 1. The van der Waals surface area contributed by atoms with E-state index in [0.29, 0.717) is 0 Å². The molecule has 4 heteroatoms. The Hall–Kier alpha value is -1.81. The standard InChI is InChI=1S/C16H21NO3/c1-12(14-8-5-11-20-14)17-16(18)10-9-13-6-3-4-7-15(13)19-2/h3-4,6-7,9-10,12,14H,5,8,11H2,1-2H3,(H,17,18)/b10-9+/t12-,14+/m0/s1. The summed E-state index contributed by atoms with van der Waals surface area (Å²) in [5, 5.41) is 2.94. The molecule has 1 heterocycles. The summed E-state index contributed by atoms with van der Waals surface area (Å²) in [6, 6.07) is 7.62. The minimum atomic E-state index is -0.112. The van der Waals surface area contributed by atoms with Crippen LogP contribution in [-0.2, 0) is 9.53 Å². The first-order valence-corrected chi connectivity index (χ1v) is 6.94. The van der Waals surface area contributed by atoms with Crippen LogP contribution in [0.1, 0.15) is 25.3 Å². The fourth-order valence-electron chi connectivity index (χ4n) is 2.33. The van der Waals surface area contributed by atoms with Gasteiger partial charge in [0, 0.05) is 18.2 Å². The number of hydrogen-bond acceptors (Lipinski definition) is 3. The number of carbonyl (C=O) groups is 1. The molecule has 108 valence electrons. The molecule has 1 aliphatic heterocycles. The Morgan fingerprint density at radius 3 is 3.00 bits per heavy atom. The molecule has 20 heavy (non-hydrogen) atoms. The quantitative estimate of drug-likeness (QED) is 0.839. The zero-order valence-corrected chi connectivity index (χ0v) is 12.0. The highest BCUT2D eigenvalue weighted by Gasteiger charge is 2.22. The van der Waals surface area contributed by atoms with Crippen LogP contribution in [-0.4, -0.2) is 31.8 Å². The van der Waals surface area contributed by atoms with E-state index < -0.39 is 0 Å². The van der Waals surface area contributed by atoms with Crippen molar-refractivity contribution < 1.29 is 14.3 Å². The third kappa shape index (κ3) is 3.84. The van der Waals surface area contributed by atoms with Crippen LogP contribution in [0.3, 0.4) is 0 Å². The maximum Gasteiger partial charge on any atom is 0.244 e. The number of nitrogens with one attached hydrogen (secondary N) is 1. The largest absolute Gasteiger partial charge is 0.496 e. The number of ether oxygens (including phenoxy) is 2. The van der Waals surface area contributed by atoms with Gasteiger partial charge in [0.25, 0.3) is 0 Å². The number of para-hydroxylation sites is 1. The number of methoxy groups -OCH3 is 1. The second-order valence-corrected chi connectivity index (χ2v) is 4.92. The second kappa shape index (κ2) is 7.10. The van der Waals surface area contributed by atoms with E-state index >= 15 is 0 Å². The lowest BCUT2D eigenvalue weighted by Crippen LogP contribution is -2.40. The minimum absolute atomic E-state index is 0.0346. The van der Waals surface area contributed by atoms with Crippen molar-refractivity contribution in [3.8, 4) is 5.75 Å². The molecule has 4 nitrogen and oxygen atoms in total. The van der Waals surface area contributed by atoms with Gasteiger partial charge in [-0.15, -0.1) is 0 Å². The molecule has 1 amide bonds. The van der Waals surface area contributed by atoms with Crippen molar-refractivity contribution in [3.63, 3.8) is 0 Å². The number of amides is 1. The van der Waals surface area contributed by atoms with Crippen LogP contribution in [0.2, 0.25) is 0 Å². The van der Waals surface area contributed by atoms with Gasteiger partial charge in [-0.25, -0.2) is 0 Å². The molecule has 0 saturated carbocycles. The Balaban J connectivity index is 1.91. The van der Waals surface area contributed by atoms with E-state index in [4.69, 9.17) is 9.47 Å². The van der Waals surface area contributed by atoms with E-state index in [2.05, 4.69) is 5.32 Å². The summed E-state index contributed by atoms with van der Waals surface area (Å²) < 4.78 is 10.8. The van der Waals surface area contributed by atoms with E-state index in [9.17, 15) is 4.79 Å². The third-order valence-electron chi connectivity index (χ3n) is 3.45. The molecule has 1 aliphatic rings. The minimum Gasteiger partial charge on any atom is -0.496 e. The molecular weight excluding hydrogens is 254 g/mol. The predicted octanol–water partition coefficient (Wildman–Crippen LogP) is 2.39. The highest BCUT2D eigenvalue weighted by atomic mass is 16.5. The molecule has 0 aromatic heterocycles. The van der Waals surface area contributed by atoms with Crippen LogP contribution in [0.25, 0.3) is 6.08 Å². The number of carbonyl (C=O) groups excluding carboxylic acids is 1. The SMILES string of the molecule is COc1ccccc1/C=C/C(=O)N[C@@H](C)[C@H]1CCCO1. The molecule has 1 aromatic carbocycles. The fraction of sp³-hybridized carbons (Fsp3) is 0.438. The van der Waals surface area contributed by atoms with E-state index in [0.717, 1.165) is 30.8 Å². The van der Waals surface area contributed by atoms with Crippen LogP contribution in [0, 0.1) is 0 Å². The Bertz CT molecular complexity index is 478. The molecule has 1 saturated heterocycles. The Morgan fingerprint density at radius 1 is 1.50 bits per heavy atom. The molecule has 0 aliphatic carbocycles. The van der Waals surface area contributed by atoms with Gasteiger partial charge in [-0.1, -0.05) is 18.2 Å². The van der Waals surface area contributed by atoms with Crippen molar-refractivity contribution in [1.82, 2.24) is 5.32 Å². The maximum atomic E-state index is 11.9. The maximum absolute atomic E-state index is 11.9.